The summed E-state index contributed by atoms with van der Waals surface area (Å²) >= 11 is 0. The maximum atomic E-state index is 12.2. The van der Waals surface area contributed by atoms with Crippen molar-refractivity contribution in [3.05, 3.63) is 48.0 Å². The van der Waals surface area contributed by atoms with Crippen LogP contribution in [0.1, 0.15) is 57.4 Å². The first-order valence-corrected chi connectivity index (χ1v) is 10.9. The Balaban J connectivity index is 0.00000392. The zero-order valence-electron chi connectivity index (χ0n) is 16.7. The van der Waals surface area contributed by atoms with Crippen molar-refractivity contribution in [3.63, 3.8) is 0 Å². The average Bonchev–Trinajstić information content (AvgIpc) is 2.62. The van der Waals surface area contributed by atoms with Crippen LogP contribution >= 0.6 is 0 Å². The fourth-order valence-electron chi connectivity index (χ4n) is 2.89. The molecule has 0 aromatic heterocycles. The van der Waals surface area contributed by atoms with Gasteiger partial charge in [-0.15, -0.1) is 5.75 Å². The van der Waals surface area contributed by atoms with Crippen LogP contribution in [-0.4, -0.2) is 13.0 Å². The number of hydrogen-bond acceptors (Lipinski definition) is 4. The number of unbranched alkanes of at least 4 members (excludes halogenated alkanes) is 6. The average molecular weight is 431 g/mol. The van der Waals surface area contributed by atoms with E-state index < -0.39 is 10.1 Å². The third-order valence-electron chi connectivity index (χ3n) is 4.45. The van der Waals surface area contributed by atoms with Gasteiger partial charge >= 0.3 is 51.4 Å². The third-order valence-corrected chi connectivity index (χ3v) is 5.31. The van der Waals surface area contributed by atoms with Crippen LogP contribution in [-0.2, 0) is 16.5 Å². The number of rotatable bonds is 11. The van der Waals surface area contributed by atoms with Crippen LogP contribution in [0.2, 0.25) is 0 Å². The van der Waals surface area contributed by atoms with E-state index in [9.17, 15) is 13.5 Å². The normalized spacial score (nSPS) is 11.1. The summed E-state index contributed by atoms with van der Waals surface area (Å²) in [6, 6.07) is 10.3. The van der Waals surface area contributed by atoms with Crippen LogP contribution < -0.4 is 61.2 Å². The largest absolute Gasteiger partial charge is 1.00 e. The smallest absolute Gasteiger partial charge is 0.872 e. The predicted molar refractivity (Wildman–Crippen MR) is 104 cm³/mol. The predicted octanol–water partition coefficient (Wildman–Crippen LogP) is 2.10. The van der Waals surface area contributed by atoms with E-state index >= 15 is 0 Å². The van der Waals surface area contributed by atoms with Gasteiger partial charge in [0.15, 0.2) is 0 Å². The molecule has 0 aliphatic heterocycles. The third kappa shape index (κ3) is 8.94. The fourth-order valence-corrected chi connectivity index (χ4v) is 3.37. The summed E-state index contributed by atoms with van der Waals surface area (Å²) in [4.78, 5) is -0.204. The van der Waals surface area contributed by atoms with E-state index in [1.54, 1.807) is 12.1 Å². The van der Waals surface area contributed by atoms with E-state index in [0.29, 0.717) is 11.5 Å². The van der Waals surface area contributed by atoms with E-state index in [-0.39, 0.29) is 62.0 Å². The Kier molecular flexibility index (Phi) is 11.9. The van der Waals surface area contributed by atoms with Crippen molar-refractivity contribution >= 4 is 10.1 Å². The van der Waals surface area contributed by atoms with E-state index in [0.717, 1.165) is 24.8 Å². The summed E-state index contributed by atoms with van der Waals surface area (Å²) in [7, 11) is -4.23. The molecular weight excluding hydrogens is 403 g/mol. The number of aryl methyl sites for hydroxylation is 1. The minimum Gasteiger partial charge on any atom is -0.872 e. The van der Waals surface area contributed by atoms with Gasteiger partial charge in [-0.2, -0.15) is 8.42 Å². The first-order valence-electron chi connectivity index (χ1n) is 9.45. The molecule has 0 saturated heterocycles. The van der Waals surface area contributed by atoms with Crippen molar-refractivity contribution in [1.29, 1.82) is 0 Å². The molecule has 7 heteroatoms. The minimum atomic E-state index is -4.23. The van der Waals surface area contributed by atoms with Gasteiger partial charge in [-0.25, -0.2) is 0 Å². The van der Waals surface area contributed by atoms with Gasteiger partial charge in [0.25, 0.3) is 10.1 Å². The van der Waals surface area contributed by atoms with Crippen LogP contribution in [0.4, 0.5) is 0 Å². The van der Waals surface area contributed by atoms with Gasteiger partial charge in [0.2, 0.25) is 0 Å². The standard InChI is InChI=1S/C21H28O5S.K/c1-2-3-4-5-6-7-8-9-17-10-11-19(16-21(17)22)26-18-12-14-20(15-13-18)27(23,24)25;/h10-16,22H,2-9H2,1H3,(H,23,24,25);/q;+1/p-1. The molecule has 0 radical (unpaired) electrons. The van der Waals surface area contributed by atoms with Crippen LogP contribution in [0.5, 0.6) is 17.2 Å². The SMILES string of the molecule is CCCCCCCCCc1ccc(Oc2ccc(S(=O)(=O)O)cc2)cc1[O-].[K+]. The fraction of sp³-hybridized carbons (Fsp3) is 0.429. The van der Waals surface area contributed by atoms with Crippen molar-refractivity contribution in [2.75, 3.05) is 0 Å². The summed E-state index contributed by atoms with van der Waals surface area (Å²) in [6.45, 7) is 2.21. The van der Waals surface area contributed by atoms with Gasteiger partial charge in [-0.05, 0) is 49.2 Å². The first kappa shape index (κ1) is 25.6. The maximum Gasteiger partial charge on any atom is 1.00 e. The van der Waals surface area contributed by atoms with E-state index in [2.05, 4.69) is 6.92 Å². The van der Waals surface area contributed by atoms with Crippen LogP contribution in [0.25, 0.3) is 0 Å². The topological polar surface area (TPSA) is 86.7 Å². The van der Waals surface area contributed by atoms with Crippen LogP contribution in [0.3, 0.4) is 0 Å². The van der Waals surface area contributed by atoms with Crippen molar-refractivity contribution in [2.45, 2.75) is 63.2 Å². The Bertz CT molecular complexity index is 819. The van der Waals surface area contributed by atoms with Gasteiger partial charge in [-0.3, -0.25) is 4.55 Å². The van der Waals surface area contributed by atoms with Crippen molar-refractivity contribution in [1.82, 2.24) is 0 Å². The Morgan fingerprint density at radius 1 is 0.893 bits per heavy atom. The molecule has 148 valence electrons. The molecule has 0 amide bonds. The maximum absolute atomic E-state index is 12.2. The van der Waals surface area contributed by atoms with Crippen LogP contribution in [0, 0.1) is 0 Å². The zero-order valence-corrected chi connectivity index (χ0v) is 20.6. The van der Waals surface area contributed by atoms with Crippen molar-refractivity contribution in [2.24, 2.45) is 0 Å². The van der Waals surface area contributed by atoms with Crippen LogP contribution in [0.15, 0.2) is 47.4 Å². The zero-order chi connectivity index (χ0) is 19.7. The van der Waals surface area contributed by atoms with E-state index in [1.807, 2.05) is 0 Å². The second-order valence-corrected chi connectivity index (χ2v) is 8.11. The molecule has 0 heterocycles. The summed E-state index contributed by atoms with van der Waals surface area (Å²) in [6.07, 6.45) is 9.25. The molecule has 0 fully saturated rings. The van der Waals surface area contributed by atoms with Gasteiger partial charge < -0.3 is 9.84 Å². The van der Waals surface area contributed by atoms with Gasteiger partial charge in [0.1, 0.15) is 11.5 Å². The molecule has 0 spiro atoms. The molecule has 0 unspecified atom stereocenters. The molecule has 0 aliphatic rings. The molecular formula is C21H27KO5S. The molecule has 28 heavy (non-hydrogen) atoms. The Hall–Kier alpha value is -0.414. The molecule has 0 bridgehead atoms. The molecule has 0 saturated carbocycles. The Labute approximate surface area is 210 Å². The molecule has 5 nitrogen and oxygen atoms in total. The number of hydrogen-bond donors (Lipinski definition) is 1. The Morgan fingerprint density at radius 3 is 2.04 bits per heavy atom. The Morgan fingerprint density at radius 2 is 1.46 bits per heavy atom. The van der Waals surface area contributed by atoms with Crippen molar-refractivity contribution in [3.8, 4) is 17.2 Å². The second kappa shape index (κ2) is 13.0. The molecule has 2 aromatic carbocycles. The second-order valence-electron chi connectivity index (χ2n) is 6.69. The molecule has 0 atom stereocenters. The summed E-state index contributed by atoms with van der Waals surface area (Å²) in [5.41, 5.74) is 0.789. The van der Waals surface area contributed by atoms with Gasteiger partial charge in [0.05, 0.1) is 4.90 Å². The first-order chi connectivity index (χ1) is 12.9. The molecule has 2 rings (SSSR count). The summed E-state index contributed by atoms with van der Waals surface area (Å²) in [5.74, 6) is 0.748. The summed E-state index contributed by atoms with van der Waals surface area (Å²) in [5, 5.41) is 12.2. The van der Waals surface area contributed by atoms with Crippen molar-refractivity contribution < 1.29 is 74.2 Å². The van der Waals surface area contributed by atoms with Gasteiger partial charge in [0, 0.05) is 0 Å². The number of benzene rings is 2. The minimum absolute atomic E-state index is 0. The summed E-state index contributed by atoms with van der Waals surface area (Å²) < 4.78 is 36.6. The monoisotopic (exact) mass is 430 g/mol. The van der Waals surface area contributed by atoms with E-state index in [1.165, 1.54) is 62.4 Å². The molecule has 1 N–H and O–H groups in total. The van der Waals surface area contributed by atoms with Gasteiger partial charge in [-0.1, -0.05) is 57.1 Å². The quantitative estimate of drug-likeness (QED) is 0.335. The molecule has 0 aliphatic carbocycles. The molecule has 2 aromatic rings. The number of ether oxygens (including phenoxy) is 1. The van der Waals surface area contributed by atoms with E-state index in [4.69, 9.17) is 9.29 Å².